The van der Waals surface area contributed by atoms with E-state index in [0.29, 0.717) is 11.8 Å². The Morgan fingerprint density at radius 1 is 1.50 bits per heavy atom. The summed E-state index contributed by atoms with van der Waals surface area (Å²) in [5, 5.41) is 0. The second kappa shape index (κ2) is 2.85. The lowest BCUT2D eigenvalue weighted by molar-refractivity contribution is -0.148. The van der Waals surface area contributed by atoms with Gasteiger partial charge in [-0.3, -0.25) is 4.79 Å². The van der Waals surface area contributed by atoms with Gasteiger partial charge in [0.2, 0.25) is 0 Å². The van der Waals surface area contributed by atoms with Crippen molar-refractivity contribution in [1.29, 1.82) is 0 Å². The van der Waals surface area contributed by atoms with E-state index in [1.807, 2.05) is 0 Å². The molecule has 0 amide bonds. The number of ether oxygens (including phenoxy) is 1. The Labute approximate surface area is 85.3 Å². The number of rotatable bonds is 1. The van der Waals surface area contributed by atoms with Crippen molar-refractivity contribution < 1.29 is 9.53 Å². The van der Waals surface area contributed by atoms with E-state index in [-0.39, 0.29) is 17.5 Å². The molecule has 0 aromatic heterocycles. The van der Waals surface area contributed by atoms with Crippen LogP contribution in [-0.2, 0) is 9.53 Å². The van der Waals surface area contributed by atoms with Gasteiger partial charge in [-0.1, -0.05) is 26.0 Å². The van der Waals surface area contributed by atoms with Gasteiger partial charge in [0.25, 0.3) is 0 Å². The molecule has 14 heavy (non-hydrogen) atoms. The van der Waals surface area contributed by atoms with Crippen LogP contribution in [0, 0.1) is 17.3 Å². The SMILES string of the molecule is C=C1[C@@H]2C[C@@H](C[C@H]2OC(C)=O)C1(C)C. The van der Waals surface area contributed by atoms with Gasteiger partial charge < -0.3 is 4.74 Å². The van der Waals surface area contributed by atoms with Crippen molar-refractivity contribution in [2.75, 3.05) is 0 Å². The first-order chi connectivity index (χ1) is 6.43. The zero-order chi connectivity index (χ0) is 10.5. The van der Waals surface area contributed by atoms with E-state index in [4.69, 9.17) is 4.74 Å². The lowest BCUT2D eigenvalue weighted by Crippen LogP contribution is -2.32. The first-order valence-corrected chi connectivity index (χ1v) is 5.29. The van der Waals surface area contributed by atoms with Crippen molar-refractivity contribution in [3.8, 4) is 0 Å². The fourth-order valence-electron chi connectivity index (χ4n) is 3.04. The van der Waals surface area contributed by atoms with Crippen LogP contribution in [0.25, 0.3) is 0 Å². The fourth-order valence-corrected chi connectivity index (χ4v) is 3.04. The molecule has 0 heterocycles. The van der Waals surface area contributed by atoms with Crippen LogP contribution in [0.3, 0.4) is 0 Å². The second-order valence-electron chi connectivity index (χ2n) is 5.17. The molecule has 2 aliphatic rings. The van der Waals surface area contributed by atoms with Gasteiger partial charge in [0.05, 0.1) is 0 Å². The van der Waals surface area contributed by atoms with Gasteiger partial charge in [0.1, 0.15) is 6.10 Å². The number of esters is 1. The van der Waals surface area contributed by atoms with E-state index in [0.717, 1.165) is 12.8 Å². The van der Waals surface area contributed by atoms with Gasteiger partial charge in [0.15, 0.2) is 0 Å². The van der Waals surface area contributed by atoms with Gasteiger partial charge >= 0.3 is 5.97 Å². The molecule has 0 saturated heterocycles. The molecule has 78 valence electrons. The van der Waals surface area contributed by atoms with Crippen LogP contribution >= 0.6 is 0 Å². The highest BCUT2D eigenvalue weighted by atomic mass is 16.5. The molecule has 2 fully saturated rings. The minimum Gasteiger partial charge on any atom is -0.462 e. The molecule has 0 aromatic rings. The first kappa shape index (κ1) is 9.75. The predicted octanol–water partition coefficient (Wildman–Crippen LogP) is 2.54. The molecule has 0 spiro atoms. The Morgan fingerprint density at radius 3 is 2.57 bits per heavy atom. The third kappa shape index (κ3) is 1.20. The molecule has 2 nitrogen and oxygen atoms in total. The van der Waals surface area contributed by atoms with Gasteiger partial charge in [0, 0.05) is 12.8 Å². The van der Waals surface area contributed by atoms with Crippen molar-refractivity contribution in [2.45, 2.75) is 39.7 Å². The summed E-state index contributed by atoms with van der Waals surface area (Å²) in [6.07, 6.45) is 2.29. The molecule has 2 saturated carbocycles. The minimum absolute atomic E-state index is 0.109. The maximum Gasteiger partial charge on any atom is 0.302 e. The van der Waals surface area contributed by atoms with Crippen molar-refractivity contribution in [3.05, 3.63) is 12.2 Å². The summed E-state index contributed by atoms with van der Waals surface area (Å²) >= 11 is 0. The lowest BCUT2D eigenvalue weighted by atomic mass is 9.72. The maximum absolute atomic E-state index is 10.9. The molecule has 2 aliphatic carbocycles. The molecule has 0 unspecified atom stereocenters. The Kier molecular flexibility index (Phi) is 1.98. The van der Waals surface area contributed by atoms with Crippen molar-refractivity contribution in [1.82, 2.24) is 0 Å². The summed E-state index contributed by atoms with van der Waals surface area (Å²) in [4.78, 5) is 10.9. The quantitative estimate of drug-likeness (QED) is 0.473. The topological polar surface area (TPSA) is 26.3 Å². The largest absolute Gasteiger partial charge is 0.462 e. The molecule has 2 bridgehead atoms. The van der Waals surface area contributed by atoms with Gasteiger partial charge in [-0.25, -0.2) is 0 Å². The molecule has 2 rings (SSSR count). The fraction of sp³-hybridized carbons (Fsp3) is 0.750. The highest BCUT2D eigenvalue weighted by molar-refractivity contribution is 5.66. The number of fused-ring (bicyclic) bond motifs is 2. The monoisotopic (exact) mass is 194 g/mol. The maximum atomic E-state index is 10.9. The Morgan fingerprint density at radius 2 is 2.14 bits per heavy atom. The first-order valence-electron chi connectivity index (χ1n) is 5.29. The highest BCUT2D eigenvalue weighted by Crippen LogP contribution is 2.59. The molecule has 3 atom stereocenters. The zero-order valence-corrected chi connectivity index (χ0v) is 9.17. The summed E-state index contributed by atoms with van der Waals surface area (Å²) in [7, 11) is 0. The van der Waals surface area contributed by atoms with E-state index in [1.54, 1.807) is 0 Å². The van der Waals surface area contributed by atoms with Crippen LogP contribution in [0.15, 0.2) is 12.2 Å². The summed E-state index contributed by atoms with van der Waals surface area (Å²) in [6.45, 7) is 10.1. The summed E-state index contributed by atoms with van der Waals surface area (Å²) in [5.74, 6) is 0.913. The number of carbonyl (C=O) groups excluding carboxylic acids is 1. The lowest BCUT2D eigenvalue weighted by Gasteiger charge is -2.35. The van der Waals surface area contributed by atoms with Crippen molar-refractivity contribution in [2.24, 2.45) is 17.3 Å². The van der Waals surface area contributed by atoms with E-state index in [1.165, 1.54) is 12.5 Å². The highest BCUT2D eigenvalue weighted by Gasteiger charge is 2.53. The molecule has 0 aromatic carbocycles. The molecule has 0 N–H and O–H groups in total. The van der Waals surface area contributed by atoms with Gasteiger partial charge in [-0.05, 0) is 24.2 Å². The normalized spacial score (nSPS) is 38.8. The third-order valence-corrected chi connectivity index (χ3v) is 4.12. The van der Waals surface area contributed by atoms with Gasteiger partial charge in [-0.2, -0.15) is 0 Å². The van der Waals surface area contributed by atoms with E-state index in [2.05, 4.69) is 20.4 Å². The standard InChI is InChI=1S/C12H18O2/c1-7-10-5-9(12(7,3)4)6-11(10)14-8(2)13/h9-11H,1,5-6H2,2-4H3/t9-,10-,11+/m0/s1. The minimum atomic E-state index is -0.159. The molecule has 0 aliphatic heterocycles. The van der Waals surface area contributed by atoms with Crippen LogP contribution in [0.2, 0.25) is 0 Å². The van der Waals surface area contributed by atoms with Crippen molar-refractivity contribution in [3.63, 3.8) is 0 Å². The average Bonchev–Trinajstić information content (AvgIpc) is 2.52. The average molecular weight is 194 g/mol. The summed E-state index contributed by atoms with van der Waals surface area (Å²) in [6, 6.07) is 0. The second-order valence-corrected chi connectivity index (χ2v) is 5.17. The van der Waals surface area contributed by atoms with E-state index in [9.17, 15) is 4.79 Å². The molecular formula is C12H18O2. The Balaban J connectivity index is 2.13. The molecule has 0 radical (unpaired) electrons. The van der Waals surface area contributed by atoms with Crippen LogP contribution in [0.4, 0.5) is 0 Å². The molecular weight excluding hydrogens is 176 g/mol. The van der Waals surface area contributed by atoms with Crippen LogP contribution < -0.4 is 0 Å². The zero-order valence-electron chi connectivity index (χ0n) is 9.17. The van der Waals surface area contributed by atoms with Crippen LogP contribution in [0.1, 0.15) is 33.6 Å². The summed E-state index contributed by atoms with van der Waals surface area (Å²) < 4.78 is 5.31. The van der Waals surface area contributed by atoms with E-state index < -0.39 is 0 Å². The summed E-state index contributed by atoms with van der Waals surface area (Å²) in [5.41, 5.74) is 1.53. The smallest absolute Gasteiger partial charge is 0.302 e. The predicted molar refractivity (Wildman–Crippen MR) is 54.7 cm³/mol. The number of hydrogen-bond donors (Lipinski definition) is 0. The Bertz CT molecular complexity index is 291. The number of hydrogen-bond acceptors (Lipinski definition) is 2. The number of carbonyl (C=O) groups is 1. The molecule has 2 heteroatoms. The van der Waals surface area contributed by atoms with Crippen molar-refractivity contribution >= 4 is 5.97 Å². The third-order valence-electron chi connectivity index (χ3n) is 4.12. The van der Waals surface area contributed by atoms with E-state index >= 15 is 0 Å². The van der Waals surface area contributed by atoms with Crippen LogP contribution in [-0.4, -0.2) is 12.1 Å². The van der Waals surface area contributed by atoms with Crippen LogP contribution in [0.5, 0.6) is 0 Å². The Hall–Kier alpha value is -0.790. The van der Waals surface area contributed by atoms with Gasteiger partial charge in [-0.15, -0.1) is 0 Å².